The van der Waals surface area contributed by atoms with Crippen molar-refractivity contribution in [1.82, 2.24) is 4.98 Å². The molecule has 0 saturated heterocycles. The topological polar surface area (TPSA) is 51.6 Å². The Morgan fingerprint density at radius 2 is 2.00 bits per heavy atom. The van der Waals surface area contributed by atoms with Gasteiger partial charge in [-0.3, -0.25) is 0 Å². The van der Waals surface area contributed by atoms with Gasteiger partial charge < -0.3 is 14.4 Å². The van der Waals surface area contributed by atoms with E-state index in [0.29, 0.717) is 17.3 Å². The standard InChI is InChI=1S/C15H26BNO3/c1-8-12-9-13(11(4)17-14(12)19-7)16(18)20-15(5,6)10(2)3/h9-10,18H,8H2,1-7H3. The zero-order chi connectivity index (χ0) is 15.5. The van der Waals surface area contributed by atoms with Crippen molar-refractivity contribution in [1.29, 1.82) is 0 Å². The van der Waals surface area contributed by atoms with Crippen LogP contribution >= 0.6 is 0 Å². The number of hydrogen-bond acceptors (Lipinski definition) is 4. The van der Waals surface area contributed by atoms with Crippen molar-refractivity contribution in [2.45, 2.75) is 53.6 Å². The summed E-state index contributed by atoms with van der Waals surface area (Å²) in [5.41, 5.74) is 2.00. The van der Waals surface area contributed by atoms with Crippen LogP contribution in [0.25, 0.3) is 0 Å². The van der Waals surface area contributed by atoms with Gasteiger partial charge in [-0.1, -0.05) is 26.8 Å². The summed E-state index contributed by atoms with van der Waals surface area (Å²) in [5, 5.41) is 10.4. The van der Waals surface area contributed by atoms with Gasteiger partial charge in [0.05, 0.1) is 12.7 Å². The molecular weight excluding hydrogens is 253 g/mol. The highest BCUT2D eigenvalue weighted by molar-refractivity contribution is 6.60. The summed E-state index contributed by atoms with van der Waals surface area (Å²) in [6, 6.07) is 1.92. The zero-order valence-corrected chi connectivity index (χ0v) is 13.7. The van der Waals surface area contributed by atoms with E-state index in [1.54, 1.807) is 7.11 Å². The molecule has 0 fully saturated rings. The SMILES string of the molecule is CCc1cc(B(O)OC(C)(C)C(C)C)c(C)nc1OC. The summed E-state index contributed by atoms with van der Waals surface area (Å²) >= 11 is 0. The Bertz CT molecular complexity index is 461. The van der Waals surface area contributed by atoms with Gasteiger partial charge in [-0.05, 0) is 33.1 Å². The van der Waals surface area contributed by atoms with Crippen molar-refractivity contribution in [3.8, 4) is 5.88 Å². The van der Waals surface area contributed by atoms with Crippen LogP contribution in [0.1, 0.15) is 45.9 Å². The molecule has 0 aliphatic heterocycles. The second-order valence-electron chi connectivity index (χ2n) is 5.91. The Labute approximate surface area is 122 Å². The molecule has 112 valence electrons. The van der Waals surface area contributed by atoms with Crippen LogP contribution in [0.2, 0.25) is 0 Å². The number of methoxy groups -OCH3 is 1. The molecule has 20 heavy (non-hydrogen) atoms. The Hall–Kier alpha value is -1.07. The average molecular weight is 279 g/mol. The molecule has 1 heterocycles. The first-order valence-electron chi connectivity index (χ1n) is 7.13. The van der Waals surface area contributed by atoms with Crippen molar-refractivity contribution in [2.75, 3.05) is 7.11 Å². The van der Waals surface area contributed by atoms with Gasteiger partial charge in [0.15, 0.2) is 0 Å². The summed E-state index contributed by atoms with van der Waals surface area (Å²) < 4.78 is 11.1. The Morgan fingerprint density at radius 3 is 2.45 bits per heavy atom. The second-order valence-corrected chi connectivity index (χ2v) is 5.91. The second kappa shape index (κ2) is 6.59. The quantitative estimate of drug-likeness (QED) is 0.810. The monoisotopic (exact) mass is 279 g/mol. The first-order valence-corrected chi connectivity index (χ1v) is 7.13. The minimum atomic E-state index is -0.976. The highest BCUT2D eigenvalue weighted by Gasteiger charge is 2.32. The maximum Gasteiger partial charge on any atom is 0.493 e. The molecular formula is C15H26BNO3. The fraction of sp³-hybridized carbons (Fsp3) is 0.667. The van der Waals surface area contributed by atoms with E-state index in [1.165, 1.54) is 0 Å². The minimum absolute atomic E-state index is 0.300. The van der Waals surface area contributed by atoms with Gasteiger partial charge in [-0.2, -0.15) is 0 Å². The van der Waals surface area contributed by atoms with E-state index < -0.39 is 12.7 Å². The molecule has 0 aliphatic carbocycles. The number of pyridine rings is 1. The highest BCUT2D eigenvalue weighted by atomic mass is 16.5. The Kier molecular flexibility index (Phi) is 5.60. The van der Waals surface area contributed by atoms with Gasteiger partial charge in [0.25, 0.3) is 0 Å². The number of ether oxygens (including phenoxy) is 1. The van der Waals surface area contributed by atoms with Gasteiger partial charge in [-0.25, -0.2) is 4.98 Å². The highest BCUT2D eigenvalue weighted by Crippen LogP contribution is 2.22. The lowest BCUT2D eigenvalue weighted by Gasteiger charge is -2.31. The number of aryl methyl sites for hydroxylation is 2. The summed E-state index contributed by atoms with van der Waals surface area (Å²) in [5.74, 6) is 0.915. The van der Waals surface area contributed by atoms with Crippen LogP contribution in [0.5, 0.6) is 5.88 Å². The Balaban J connectivity index is 3.07. The minimum Gasteiger partial charge on any atom is -0.481 e. The van der Waals surface area contributed by atoms with Gasteiger partial charge in [0.2, 0.25) is 5.88 Å². The molecule has 0 aliphatic rings. The number of aromatic nitrogens is 1. The van der Waals surface area contributed by atoms with Crippen LogP contribution in [0.4, 0.5) is 0 Å². The third-order valence-electron chi connectivity index (χ3n) is 3.94. The number of hydrogen-bond donors (Lipinski definition) is 1. The maximum atomic E-state index is 10.4. The molecule has 0 aromatic carbocycles. The molecule has 5 heteroatoms. The van der Waals surface area contributed by atoms with Gasteiger partial charge in [0, 0.05) is 16.7 Å². The summed E-state index contributed by atoms with van der Waals surface area (Å²) in [4.78, 5) is 4.40. The van der Waals surface area contributed by atoms with Crippen molar-refractivity contribution >= 4 is 12.6 Å². The van der Waals surface area contributed by atoms with E-state index in [1.807, 2.05) is 33.8 Å². The van der Waals surface area contributed by atoms with E-state index >= 15 is 0 Å². The van der Waals surface area contributed by atoms with Crippen LogP contribution in [0.3, 0.4) is 0 Å². The van der Waals surface area contributed by atoms with Crippen molar-refractivity contribution in [3.63, 3.8) is 0 Å². The molecule has 1 aromatic rings. The lowest BCUT2D eigenvalue weighted by Crippen LogP contribution is -2.45. The molecule has 1 N–H and O–H groups in total. The summed E-state index contributed by atoms with van der Waals surface area (Å²) in [6.45, 7) is 12.0. The predicted molar refractivity (Wildman–Crippen MR) is 82.5 cm³/mol. The van der Waals surface area contributed by atoms with E-state index in [0.717, 1.165) is 17.7 Å². The molecule has 0 spiro atoms. The summed E-state index contributed by atoms with van der Waals surface area (Å²) in [7, 11) is 0.631. The number of rotatable bonds is 6. The molecule has 0 atom stereocenters. The zero-order valence-electron chi connectivity index (χ0n) is 13.7. The van der Waals surface area contributed by atoms with E-state index in [9.17, 15) is 5.02 Å². The molecule has 0 radical (unpaired) electrons. The van der Waals surface area contributed by atoms with E-state index in [2.05, 4.69) is 18.8 Å². The molecule has 0 saturated carbocycles. The Morgan fingerprint density at radius 1 is 1.40 bits per heavy atom. The van der Waals surface area contributed by atoms with Crippen molar-refractivity contribution in [3.05, 3.63) is 17.3 Å². The fourth-order valence-corrected chi connectivity index (χ4v) is 1.81. The normalized spacial score (nSPS) is 11.8. The first kappa shape index (κ1) is 17.0. The molecule has 4 nitrogen and oxygen atoms in total. The van der Waals surface area contributed by atoms with Gasteiger partial charge >= 0.3 is 7.12 Å². The third-order valence-corrected chi connectivity index (χ3v) is 3.94. The van der Waals surface area contributed by atoms with Crippen molar-refractivity contribution < 1.29 is 14.4 Å². The van der Waals surface area contributed by atoms with E-state index in [4.69, 9.17) is 9.39 Å². The van der Waals surface area contributed by atoms with Gasteiger partial charge in [0.1, 0.15) is 0 Å². The molecule has 0 unspecified atom stereocenters. The smallest absolute Gasteiger partial charge is 0.481 e. The van der Waals surface area contributed by atoms with Crippen LogP contribution in [-0.2, 0) is 11.1 Å². The van der Waals surface area contributed by atoms with Gasteiger partial charge in [-0.15, -0.1) is 0 Å². The first-order chi connectivity index (χ1) is 9.22. The molecule has 0 bridgehead atoms. The lowest BCUT2D eigenvalue weighted by molar-refractivity contribution is 0.0423. The van der Waals surface area contributed by atoms with E-state index in [-0.39, 0.29) is 0 Å². The average Bonchev–Trinajstić information content (AvgIpc) is 2.37. The van der Waals surface area contributed by atoms with Crippen molar-refractivity contribution in [2.24, 2.45) is 5.92 Å². The van der Waals surface area contributed by atoms with Crippen LogP contribution < -0.4 is 10.2 Å². The lowest BCUT2D eigenvalue weighted by atomic mass is 9.75. The van der Waals surface area contributed by atoms with Crippen LogP contribution in [0.15, 0.2) is 6.07 Å². The largest absolute Gasteiger partial charge is 0.493 e. The molecule has 1 rings (SSSR count). The number of nitrogens with zero attached hydrogens (tertiary/aromatic N) is 1. The maximum absolute atomic E-state index is 10.4. The molecule has 1 aromatic heterocycles. The predicted octanol–water partition coefficient (Wildman–Crippen LogP) is 2.10. The fourth-order valence-electron chi connectivity index (χ4n) is 1.81. The van der Waals surface area contributed by atoms with Crippen LogP contribution in [-0.4, -0.2) is 29.8 Å². The third kappa shape index (κ3) is 3.73. The summed E-state index contributed by atoms with van der Waals surface area (Å²) in [6.07, 6.45) is 0.795. The van der Waals surface area contributed by atoms with Crippen LogP contribution in [0, 0.1) is 12.8 Å². The molecule has 0 amide bonds.